The van der Waals surface area contributed by atoms with Gasteiger partial charge in [-0.25, -0.2) is 0 Å². The van der Waals surface area contributed by atoms with Crippen molar-refractivity contribution in [1.29, 1.82) is 0 Å². The molecule has 0 unspecified atom stereocenters. The topological polar surface area (TPSA) is 65.3 Å². The predicted octanol–water partition coefficient (Wildman–Crippen LogP) is 3.04. The van der Waals surface area contributed by atoms with Crippen LogP contribution in [0.25, 0.3) is 10.9 Å². The fourth-order valence-corrected chi connectivity index (χ4v) is 4.16. The van der Waals surface area contributed by atoms with Crippen molar-refractivity contribution >= 4 is 16.8 Å². The Labute approximate surface area is 160 Å². The van der Waals surface area contributed by atoms with Gasteiger partial charge in [0.25, 0.3) is 11.5 Å². The van der Waals surface area contributed by atoms with Gasteiger partial charge in [-0.05, 0) is 31.7 Å². The monoisotopic (exact) mass is 373 g/mol. The van der Waals surface area contributed by atoms with Crippen molar-refractivity contribution in [2.75, 3.05) is 6.61 Å². The summed E-state index contributed by atoms with van der Waals surface area (Å²) in [6, 6.07) is 0.00650. The first kappa shape index (κ1) is 19.7. The molecule has 0 aromatic carbocycles. The first-order valence-electron chi connectivity index (χ1n) is 10.0. The van der Waals surface area contributed by atoms with E-state index in [1.54, 1.807) is 17.8 Å². The molecule has 1 saturated carbocycles. The number of nitrogens with zero attached hydrogens (tertiary/aromatic N) is 2. The highest BCUT2D eigenvalue weighted by molar-refractivity contribution is 6.07. The maximum absolute atomic E-state index is 13.1. The van der Waals surface area contributed by atoms with E-state index >= 15 is 0 Å². The summed E-state index contributed by atoms with van der Waals surface area (Å²) in [6.07, 6.45) is 9.91. The number of carbonyl (C=O) groups is 1. The molecule has 1 aliphatic rings. The van der Waals surface area contributed by atoms with Crippen molar-refractivity contribution in [2.24, 2.45) is 14.1 Å². The summed E-state index contributed by atoms with van der Waals surface area (Å²) in [5.74, 6) is -0.181. The van der Waals surface area contributed by atoms with E-state index in [0.29, 0.717) is 10.9 Å². The summed E-state index contributed by atoms with van der Waals surface area (Å²) >= 11 is 0. The second-order valence-corrected chi connectivity index (χ2v) is 7.73. The Balaban J connectivity index is 1.86. The maximum atomic E-state index is 13.1. The van der Waals surface area contributed by atoms with Gasteiger partial charge in [0, 0.05) is 33.1 Å². The van der Waals surface area contributed by atoms with Gasteiger partial charge >= 0.3 is 0 Å². The van der Waals surface area contributed by atoms with E-state index in [4.69, 9.17) is 4.74 Å². The number of rotatable bonds is 6. The molecule has 0 spiro atoms. The number of amides is 1. The highest BCUT2D eigenvalue weighted by atomic mass is 16.5. The van der Waals surface area contributed by atoms with Crippen LogP contribution in [0.4, 0.5) is 0 Å². The van der Waals surface area contributed by atoms with Crippen molar-refractivity contribution in [3.63, 3.8) is 0 Å². The SMILES string of the molecule is CCCCO[C@H]1CCCC[C@@H]1NC(=O)c1cn(C)c2c(C)cn(C)c(=O)c12. The van der Waals surface area contributed by atoms with Crippen LogP contribution < -0.4 is 10.9 Å². The van der Waals surface area contributed by atoms with Crippen LogP contribution >= 0.6 is 0 Å². The predicted molar refractivity (Wildman–Crippen MR) is 107 cm³/mol. The lowest BCUT2D eigenvalue weighted by Gasteiger charge is -2.32. The molecule has 6 heteroatoms. The number of hydrogen-bond acceptors (Lipinski definition) is 3. The highest BCUT2D eigenvalue weighted by Crippen LogP contribution is 2.24. The molecule has 1 aliphatic carbocycles. The summed E-state index contributed by atoms with van der Waals surface area (Å²) in [5, 5.41) is 3.66. The summed E-state index contributed by atoms with van der Waals surface area (Å²) in [5.41, 5.74) is 2.12. The van der Waals surface area contributed by atoms with Crippen LogP contribution in [0.15, 0.2) is 17.2 Å². The molecule has 2 atom stereocenters. The minimum atomic E-state index is -0.181. The highest BCUT2D eigenvalue weighted by Gasteiger charge is 2.29. The van der Waals surface area contributed by atoms with Crippen LogP contribution in [0.2, 0.25) is 0 Å². The van der Waals surface area contributed by atoms with Gasteiger partial charge in [-0.15, -0.1) is 0 Å². The molecular weight excluding hydrogens is 342 g/mol. The van der Waals surface area contributed by atoms with Gasteiger partial charge in [0.15, 0.2) is 0 Å². The zero-order valence-corrected chi connectivity index (χ0v) is 16.9. The molecule has 1 N–H and O–H groups in total. The van der Waals surface area contributed by atoms with E-state index in [1.165, 1.54) is 0 Å². The van der Waals surface area contributed by atoms with E-state index in [0.717, 1.165) is 56.2 Å². The lowest BCUT2D eigenvalue weighted by Crippen LogP contribution is -2.46. The summed E-state index contributed by atoms with van der Waals surface area (Å²) in [6.45, 7) is 4.84. The third-order valence-corrected chi connectivity index (χ3v) is 5.57. The van der Waals surface area contributed by atoms with Crippen LogP contribution in [0.3, 0.4) is 0 Å². The third kappa shape index (κ3) is 3.95. The van der Waals surface area contributed by atoms with Crippen LogP contribution in [0.1, 0.15) is 61.4 Å². The van der Waals surface area contributed by atoms with Gasteiger partial charge in [0.2, 0.25) is 0 Å². The average Bonchev–Trinajstić information content (AvgIpc) is 2.99. The van der Waals surface area contributed by atoms with Crippen LogP contribution in [-0.2, 0) is 18.8 Å². The minimum absolute atomic E-state index is 0.00650. The second-order valence-electron chi connectivity index (χ2n) is 7.73. The molecule has 2 aromatic heterocycles. The molecular formula is C21H31N3O3. The molecule has 3 rings (SSSR count). The Morgan fingerprint density at radius 1 is 1.22 bits per heavy atom. The van der Waals surface area contributed by atoms with Crippen molar-refractivity contribution < 1.29 is 9.53 Å². The molecule has 0 aliphatic heterocycles. The first-order chi connectivity index (χ1) is 12.9. The third-order valence-electron chi connectivity index (χ3n) is 5.57. The van der Waals surface area contributed by atoms with E-state index < -0.39 is 0 Å². The maximum Gasteiger partial charge on any atom is 0.260 e. The first-order valence-corrected chi connectivity index (χ1v) is 10.0. The summed E-state index contributed by atoms with van der Waals surface area (Å²) in [7, 11) is 3.60. The number of fused-ring (bicyclic) bond motifs is 1. The molecule has 0 bridgehead atoms. The summed E-state index contributed by atoms with van der Waals surface area (Å²) in [4.78, 5) is 25.8. The number of hydrogen-bond donors (Lipinski definition) is 1. The van der Waals surface area contributed by atoms with Crippen molar-refractivity contribution in [1.82, 2.24) is 14.5 Å². The number of carbonyl (C=O) groups excluding carboxylic acids is 1. The largest absolute Gasteiger partial charge is 0.376 e. The Morgan fingerprint density at radius 2 is 1.96 bits per heavy atom. The van der Waals surface area contributed by atoms with Gasteiger partial charge < -0.3 is 19.2 Å². The minimum Gasteiger partial charge on any atom is -0.376 e. The van der Waals surface area contributed by atoms with Gasteiger partial charge in [-0.2, -0.15) is 0 Å². The Kier molecular flexibility index (Phi) is 6.05. The van der Waals surface area contributed by atoms with Gasteiger partial charge in [0.05, 0.1) is 28.6 Å². The lowest BCUT2D eigenvalue weighted by molar-refractivity contribution is 0.00442. The molecule has 6 nitrogen and oxygen atoms in total. The number of pyridine rings is 1. The number of unbranched alkanes of at least 4 members (excludes halogenated alkanes) is 1. The molecule has 2 aromatic rings. The van der Waals surface area contributed by atoms with Gasteiger partial charge in [-0.3, -0.25) is 9.59 Å². The zero-order valence-electron chi connectivity index (χ0n) is 16.9. The Morgan fingerprint density at radius 3 is 2.70 bits per heavy atom. The van der Waals surface area contributed by atoms with E-state index in [1.807, 2.05) is 24.7 Å². The van der Waals surface area contributed by atoms with E-state index in [2.05, 4.69) is 12.2 Å². The smallest absolute Gasteiger partial charge is 0.260 e. The van der Waals surface area contributed by atoms with Crippen LogP contribution in [0.5, 0.6) is 0 Å². The molecule has 27 heavy (non-hydrogen) atoms. The van der Waals surface area contributed by atoms with Gasteiger partial charge in [-0.1, -0.05) is 26.2 Å². The second kappa shape index (κ2) is 8.30. The molecule has 148 valence electrons. The quantitative estimate of drug-likeness (QED) is 0.792. The number of ether oxygens (including phenoxy) is 1. The normalized spacial score (nSPS) is 20.1. The zero-order chi connectivity index (χ0) is 19.6. The van der Waals surface area contributed by atoms with Crippen molar-refractivity contribution in [3.8, 4) is 0 Å². The average molecular weight is 373 g/mol. The Hall–Kier alpha value is -2.08. The molecule has 1 fully saturated rings. The molecule has 2 heterocycles. The number of aryl methyl sites for hydroxylation is 3. The van der Waals surface area contributed by atoms with Crippen molar-refractivity contribution in [2.45, 2.75) is 64.5 Å². The molecule has 0 radical (unpaired) electrons. The molecule has 1 amide bonds. The van der Waals surface area contributed by atoms with Crippen molar-refractivity contribution in [3.05, 3.63) is 33.9 Å². The fourth-order valence-electron chi connectivity index (χ4n) is 4.16. The number of aromatic nitrogens is 2. The standard InChI is InChI=1S/C21H31N3O3/c1-5-6-11-27-17-10-8-7-9-16(17)22-20(25)15-13-23(3)19-14(2)12-24(4)21(26)18(15)19/h12-13,16-17H,5-11H2,1-4H3,(H,22,25)/t16-,17-/m0/s1. The summed E-state index contributed by atoms with van der Waals surface area (Å²) < 4.78 is 9.46. The Bertz CT molecular complexity index is 881. The lowest BCUT2D eigenvalue weighted by atomic mass is 9.92. The van der Waals surface area contributed by atoms with Gasteiger partial charge in [0.1, 0.15) is 0 Å². The fraction of sp³-hybridized carbons (Fsp3) is 0.619. The van der Waals surface area contributed by atoms with E-state index in [9.17, 15) is 9.59 Å². The molecule has 0 saturated heterocycles. The number of nitrogens with one attached hydrogen (secondary N) is 1. The van der Waals surface area contributed by atoms with E-state index in [-0.39, 0.29) is 23.6 Å². The van der Waals surface area contributed by atoms with Crippen LogP contribution in [0, 0.1) is 6.92 Å². The van der Waals surface area contributed by atoms with Crippen LogP contribution in [-0.4, -0.2) is 33.8 Å².